The maximum Gasteiger partial charge on any atom is 0.242 e. The second-order valence-corrected chi connectivity index (χ2v) is 6.47. The normalized spacial score (nSPS) is 11.4. The molecule has 0 unspecified atom stereocenters. The third-order valence-electron chi connectivity index (χ3n) is 2.81. The van der Waals surface area contributed by atoms with Gasteiger partial charge in [0.05, 0.1) is 11.6 Å². The molecule has 0 spiro atoms. The van der Waals surface area contributed by atoms with Crippen molar-refractivity contribution in [2.75, 3.05) is 33.4 Å². The molecule has 1 aromatic rings. The quantitative estimate of drug-likeness (QED) is 0.772. The summed E-state index contributed by atoms with van der Waals surface area (Å²) < 4.78 is 31.5. The summed E-state index contributed by atoms with van der Waals surface area (Å²) in [5.41, 5.74) is 0. The summed E-state index contributed by atoms with van der Waals surface area (Å²) in [5.74, 6) is -0.135. The Morgan fingerprint density at radius 2 is 2.00 bits per heavy atom. The zero-order valence-corrected chi connectivity index (χ0v) is 13.6. The predicted octanol–water partition coefficient (Wildman–Crippen LogP) is 1.11. The number of carbonyl (C=O) groups excluding carboxylic acids is 1. The molecule has 0 saturated carbocycles. The molecule has 0 heterocycles. The van der Waals surface area contributed by atoms with Crippen LogP contribution in [0.15, 0.2) is 29.2 Å². The molecule has 6 nitrogen and oxygen atoms in total. The van der Waals surface area contributed by atoms with Crippen molar-refractivity contribution in [1.82, 2.24) is 9.62 Å². The van der Waals surface area contributed by atoms with Crippen molar-refractivity contribution in [3.05, 3.63) is 29.3 Å². The number of rotatable bonds is 8. The van der Waals surface area contributed by atoms with E-state index in [2.05, 4.69) is 4.72 Å². The second kappa shape index (κ2) is 8.33. The maximum atomic E-state index is 12.1. The zero-order chi connectivity index (χ0) is 15.9. The fraction of sp³-hybridized carbons (Fsp3) is 0.462. The van der Waals surface area contributed by atoms with Crippen LogP contribution in [-0.2, 0) is 19.6 Å². The molecule has 1 amide bonds. The zero-order valence-electron chi connectivity index (χ0n) is 12.0. The van der Waals surface area contributed by atoms with Crippen LogP contribution in [0.1, 0.15) is 6.92 Å². The number of halogens is 1. The van der Waals surface area contributed by atoms with E-state index in [0.717, 1.165) is 0 Å². The first-order valence-electron chi connectivity index (χ1n) is 6.37. The summed E-state index contributed by atoms with van der Waals surface area (Å²) in [7, 11) is -2.14. The lowest BCUT2D eigenvalue weighted by Crippen LogP contribution is -2.39. The van der Waals surface area contributed by atoms with Gasteiger partial charge in [-0.15, -0.1) is 0 Å². The van der Waals surface area contributed by atoms with Gasteiger partial charge >= 0.3 is 0 Å². The van der Waals surface area contributed by atoms with Crippen LogP contribution in [-0.4, -0.2) is 52.6 Å². The first kappa shape index (κ1) is 17.9. The van der Waals surface area contributed by atoms with Gasteiger partial charge in [0.25, 0.3) is 0 Å². The lowest BCUT2D eigenvalue weighted by molar-refractivity contribution is -0.129. The molecule has 1 rings (SSSR count). The minimum atomic E-state index is -3.68. The molecule has 0 aliphatic heterocycles. The first-order chi connectivity index (χ1) is 9.88. The fourth-order valence-electron chi connectivity index (χ4n) is 1.68. The van der Waals surface area contributed by atoms with Crippen molar-refractivity contribution in [3.63, 3.8) is 0 Å². The summed E-state index contributed by atoms with van der Waals surface area (Å²) in [6, 6.07) is 6.19. The van der Waals surface area contributed by atoms with Crippen LogP contribution in [0.25, 0.3) is 0 Å². The number of hydrogen-bond acceptors (Lipinski definition) is 4. The molecule has 8 heteroatoms. The van der Waals surface area contributed by atoms with E-state index in [0.29, 0.717) is 13.2 Å². The van der Waals surface area contributed by atoms with E-state index in [1.807, 2.05) is 0 Å². The van der Waals surface area contributed by atoms with Crippen LogP contribution in [0.5, 0.6) is 0 Å². The van der Waals surface area contributed by atoms with Gasteiger partial charge in [-0.2, -0.15) is 0 Å². The minimum absolute atomic E-state index is 0.0259. The lowest BCUT2D eigenvalue weighted by atomic mass is 10.4. The first-order valence-corrected chi connectivity index (χ1v) is 8.23. The van der Waals surface area contributed by atoms with Crippen molar-refractivity contribution in [2.24, 2.45) is 0 Å². The van der Waals surface area contributed by atoms with Gasteiger partial charge in [-0.05, 0) is 12.1 Å². The second-order valence-electron chi connectivity index (χ2n) is 4.33. The van der Waals surface area contributed by atoms with Crippen LogP contribution >= 0.6 is 11.6 Å². The Balaban J connectivity index is 2.61. The molecule has 21 heavy (non-hydrogen) atoms. The summed E-state index contributed by atoms with van der Waals surface area (Å²) >= 11 is 5.87. The molecule has 118 valence electrons. The fourth-order valence-corrected chi connectivity index (χ4v) is 3.22. The van der Waals surface area contributed by atoms with Gasteiger partial charge in [-0.1, -0.05) is 23.7 Å². The van der Waals surface area contributed by atoms with Crippen LogP contribution in [0.2, 0.25) is 5.02 Å². The molecule has 0 fully saturated rings. The number of methoxy groups -OCH3 is 1. The Hall–Kier alpha value is -1.15. The van der Waals surface area contributed by atoms with Crippen molar-refractivity contribution in [3.8, 4) is 0 Å². The van der Waals surface area contributed by atoms with Gasteiger partial charge < -0.3 is 9.64 Å². The molecule has 0 saturated heterocycles. The van der Waals surface area contributed by atoms with Crippen molar-refractivity contribution in [1.29, 1.82) is 0 Å². The highest BCUT2D eigenvalue weighted by Gasteiger charge is 2.17. The largest absolute Gasteiger partial charge is 0.383 e. The third kappa shape index (κ3) is 5.62. The number of amides is 1. The summed E-state index contributed by atoms with van der Waals surface area (Å²) in [6.45, 7) is 2.62. The van der Waals surface area contributed by atoms with E-state index in [1.165, 1.54) is 24.0 Å². The highest BCUT2D eigenvalue weighted by molar-refractivity contribution is 7.89. The van der Waals surface area contributed by atoms with Crippen LogP contribution < -0.4 is 4.72 Å². The highest BCUT2D eigenvalue weighted by atomic mass is 35.5. The molecule has 0 aliphatic rings. The Morgan fingerprint density at radius 1 is 1.33 bits per heavy atom. The smallest absolute Gasteiger partial charge is 0.242 e. The summed E-state index contributed by atoms with van der Waals surface area (Å²) in [5, 5.41) is 0.160. The molecule has 0 radical (unpaired) electrons. The van der Waals surface area contributed by atoms with Crippen molar-refractivity contribution < 1.29 is 17.9 Å². The van der Waals surface area contributed by atoms with E-state index >= 15 is 0 Å². The number of benzene rings is 1. The Bertz CT molecular complexity index is 577. The Labute approximate surface area is 130 Å². The third-order valence-corrected chi connectivity index (χ3v) is 4.77. The van der Waals surface area contributed by atoms with Crippen LogP contribution in [0, 0.1) is 0 Å². The topological polar surface area (TPSA) is 75.7 Å². The number of ether oxygens (including phenoxy) is 1. The van der Waals surface area contributed by atoms with Gasteiger partial charge in [0.1, 0.15) is 4.90 Å². The Morgan fingerprint density at radius 3 is 2.57 bits per heavy atom. The number of nitrogens with one attached hydrogen (secondary N) is 1. The number of carbonyl (C=O) groups is 1. The van der Waals surface area contributed by atoms with Gasteiger partial charge in [0.15, 0.2) is 0 Å². The molecule has 0 aromatic heterocycles. The number of sulfonamides is 1. The molecular formula is C13H19ClN2O4S. The number of hydrogen-bond donors (Lipinski definition) is 1. The molecule has 0 bridgehead atoms. The van der Waals surface area contributed by atoms with E-state index in [-0.39, 0.29) is 28.9 Å². The summed E-state index contributed by atoms with van der Waals surface area (Å²) in [6.07, 6.45) is 0. The van der Waals surface area contributed by atoms with Gasteiger partial charge in [0, 0.05) is 33.7 Å². The molecule has 1 N–H and O–H groups in total. The minimum Gasteiger partial charge on any atom is -0.383 e. The van der Waals surface area contributed by atoms with E-state index < -0.39 is 10.0 Å². The Kier molecular flexibility index (Phi) is 7.10. The average Bonchev–Trinajstić information content (AvgIpc) is 2.42. The van der Waals surface area contributed by atoms with E-state index in [1.54, 1.807) is 19.2 Å². The van der Waals surface area contributed by atoms with Crippen LogP contribution in [0.4, 0.5) is 0 Å². The summed E-state index contributed by atoms with van der Waals surface area (Å²) in [4.78, 5) is 12.9. The molecule has 0 aliphatic carbocycles. The average molecular weight is 335 g/mol. The van der Waals surface area contributed by atoms with E-state index in [9.17, 15) is 13.2 Å². The van der Waals surface area contributed by atoms with E-state index in [4.69, 9.17) is 16.3 Å². The van der Waals surface area contributed by atoms with Crippen molar-refractivity contribution >= 4 is 27.5 Å². The van der Waals surface area contributed by atoms with Crippen molar-refractivity contribution in [2.45, 2.75) is 11.8 Å². The number of nitrogens with zero attached hydrogens (tertiary/aromatic N) is 1. The standard InChI is InChI=1S/C13H19ClN2O4S/c1-11(17)16(9-10-20-2)8-7-15-21(18,19)13-6-4-3-5-12(13)14/h3-6,15H,7-10H2,1-2H3. The van der Waals surface area contributed by atoms with Gasteiger partial charge in [-0.25, -0.2) is 13.1 Å². The van der Waals surface area contributed by atoms with Crippen LogP contribution in [0.3, 0.4) is 0 Å². The molecule has 0 atom stereocenters. The van der Waals surface area contributed by atoms with Gasteiger partial charge in [0.2, 0.25) is 15.9 Å². The SMILES string of the molecule is COCCN(CCNS(=O)(=O)c1ccccc1Cl)C(C)=O. The highest BCUT2D eigenvalue weighted by Crippen LogP contribution is 2.19. The molecule has 1 aromatic carbocycles. The predicted molar refractivity (Wildman–Crippen MR) is 80.8 cm³/mol. The lowest BCUT2D eigenvalue weighted by Gasteiger charge is -2.20. The van der Waals surface area contributed by atoms with Gasteiger partial charge in [-0.3, -0.25) is 4.79 Å². The monoisotopic (exact) mass is 334 g/mol. The maximum absolute atomic E-state index is 12.1. The molecular weight excluding hydrogens is 316 g/mol.